The Labute approximate surface area is 77.0 Å². The Morgan fingerprint density at radius 3 is 2.38 bits per heavy atom. The summed E-state index contributed by atoms with van der Waals surface area (Å²) in [6.07, 6.45) is 0.537. The lowest BCUT2D eigenvalue weighted by atomic mass is 10.1. The van der Waals surface area contributed by atoms with Crippen LogP contribution in [0.25, 0.3) is 0 Å². The molecule has 0 N–H and O–H groups in total. The molecule has 0 radical (unpaired) electrons. The number of hydrogen-bond donors (Lipinski definition) is 0. The third kappa shape index (κ3) is 2.50. The van der Waals surface area contributed by atoms with E-state index >= 15 is 0 Å². The molecule has 1 aliphatic heterocycles. The van der Waals surface area contributed by atoms with Gasteiger partial charge in [0, 0.05) is 25.9 Å². The number of ketones is 1. The fraction of sp³-hybridized carbons (Fsp3) is 0.714. The maximum atomic E-state index is 11.3. The van der Waals surface area contributed by atoms with E-state index in [9.17, 15) is 13.2 Å². The quantitative estimate of drug-likeness (QED) is 0.605. The molecular formula is C7H10N2O3S. The van der Waals surface area contributed by atoms with Gasteiger partial charge in [0.2, 0.25) is 10.0 Å². The van der Waals surface area contributed by atoms with Crippen LogP contribution >= 0.6 is 0 Å². The van der Waals surface area contributed by atoms with Crippen molar-refractivity contribution in [2.75, 3.05) is 18.8 Å². The van der Waals surface area contributed by atoms with Gasteiger partial charge in [-0.05, 0) is 0 Å². The molecule has 0 spiro atoms. The zero-order valence-electron chi connectivity index (χ0n) is 7.06. The average molecular weight is 202 g/mol. The minimum Gasteiger partial charge on any atom is -0.300 e. The monoisotopic (exact) mass is 202 g/mol. The normalized spacial score (nSPS) is 19.8. The predicted molar refractivity (Wildman–Crippen MR) is 45.2 cm³/mol. The lowest BCUT2D eigenvalue weighted by molar-refractivity contribution is -0.120. The molecule has 0 amide bonds. The highest BCUT2D eigenvalue weighted by molar-refractivity contribution is 7.89. The van der Waals surface area contributed by atoms with Crippen LogP contribution in [0.4, 0.5) is 0 Å². The first-order chi connectivity index (χ1) is 6.06. The Morgan fingerprint density at radius 1 is 1.38 bits per heavy atom. The molecule has 0 saturated carbocycles. The van der Waals surface area contributed by atoms with Crippen molar-refractivity contribution in [3.05, 3.63) is 0 Å². The topological polar surface area (TPSA) is 78.2 Å². The highest BCUT2D eigenvalue weighted by Crippen LogP contribution is 2.10. The van der Waals surface area contributed by atoms with Gasteiger partial charge in [0.15, 0.2) is 5.75 Å². The predicted octanol–water partition coefficient (Wildman–Crippen LogP) is -0.495. The molecular weight excluding hydrogens is 192 g/mol. The van der Waals surface area contributed by atoms with Gasteiger partial charge in [0.1, 0.15) is 5.78 Å². The second kappa shape index (κ2) is 3.85. The summed E-state index contributed by atoms with van der Waals surface area (Å²) >= 11 is 0. The molecule has 0 aromatic rings. The minimum absolute atomic E-state index is 0.0865. The number of nitriles is 1. The van der Waals surface area contributed by atoms with Gasteiger partial charge in [-0.2, -0.15) is 5.26 Å². The highest BCUT2D eigenvalue weighted by atomic mass is 32.2. The summed E-state index contributed by atoms with van der Waals surface area (Å²) in [5.41, 5.74) is 0. The van der Waals surface area contributed by atoms with Crippen LogP contribution in [0.2, 0.25) is 0 Å². The summed E-state index contributed by atoms with van der Waals surface area (Å²) in [6, 6.07) is 1.60. The van der Waals surface area contributed by atoms with Crippen LogP contribution < -0.4 is 0 Å². The Kier molecular flexibility index (Phi) is 3.01. The van der Waals surface area contributed by atoms with Gasteiger partial charge in [-0.3, -0.25) is 4.79 Å². The van der Waals surface area contributed by atoms with Crippen molar-refractivity contribution in [1.82, 2.24) is 4.31 Å². The summed E-state index contributed by atoms with van der Waals surface area (Å²) in [5.74, 6) is -0.412. The number of carbonyl (C=O) groups is 1. The average Bonchev–Trinajstić information content (AvgIpc) is 2.05. The van der Waals surface area contributed by atoms with E-state index in [1.54, 1.807) is 6.07 Å². The van der Waals surface area contributed by atoms with E-state index in [1.165, 1.54) is 4.31 Å². The zero-order valence-corrected chi connectivity index (χ0v) is 7.88. The van der Waals surface area contributed by atoms with Crippen molar-refractivity contribution in [3.63, 3.8) is 0 Å². The molecule has 1 heterocycles. The Bertz CT molecular complexity index is 331. The molecule has 72 valence electrons. The van der Waals surface area contributed by atoms with Gasteiger partial charge in [-0.25, -0.2) is 12.7 Å². The molecule has 0 unspecified atom stereocenters. The minimum atomic E-state index is -3.44. The molecule has 1 fully saturated rings. The van der Waals surface area contributed by atoms with E-state index in [-0.39, 0.29) is 31.7 Å². The zero-order chi connectivity index (χ0) is 9.90. The summed E-state index contributed by atoms with van der Waals surface area (Å²) in [5, 5.41) is 8.26. The first-order valence-corrected chi connectivity index (χ1v) is 5.53. The molecule has 1 rings (SSSR count). The second-order valence-electron chi connectivity index (χ2n) is 2.85. The van der Waals surface area contributed by atoms with E-state index in [2.05, 4.69) is 0 Å². The van der Waals surface area contributed by atoms with Crippen molar-refractivity contribution >= 4 is 15.8 Å². The van der Waals surface area contributed by atoms with Gasteiger partial charge in [0.05, 0.1) is 6.07 Å². The molecule has 6 heteroatoms. The molecule has 1 aliphatic rings. The SMILES string of the molecule is N#CCS(=O)(=O)N1CCC(=O)CC1. The maximum Gasteiger partial charge on any atom is 0.227 e. The van der Waals surface area contributed by atoms with E-state index in [4.69, 9.17) is 5.26 Å². The fourth-order valence-electron chi connectivity index (χ4n) is 1.19. The van der Waals surface area contributed by atoms with E-state index in [0.717, 1.165) is 0 Å². The van der Waals surface area contributed by atoms with Crippen molar-refractivity contribution < 1.29 is 13.2 Å². The lowest BCUT2D eigenvalue weighted by Gasteiger charge is -2.23. The van der Waals surface area contributed by atoms with Gasteiger partial charge >= 0.3 is 0 Å². The molecule has 0 aromatic heterocycles. The van der Waals surface area contributed by atoms with Crippen molar-refractivity contribution in [3.8, 4) is 6.07 Å². The smallest absolute Gasteiger partial charge is 0.227 e. The van der Waals surface area contributed by atoms with Crippen LogP contribution in [0, 0.1) is 11.3 Å². The van der Waals surface area contributed by atoms with Gasteiger partial charge < -0.3 is 0 Å². The molecule has 0 bridgehead atoms. The van der Waals surface area contributed by atoms with E-state index in [1.807, 2.05) is 0 Å². The van der Waals surface area contributed by atoms with E-state index in [0.29, 0.717) is 0 Å². The Balaban J connectivity index is 2.64. The number of rotatable bonds is 2. The summed E-state index contributed by atoms with van der Waals surface area (Å²) in [4.78, 5) is 10.8. The first kappa shape index (κ1) is 10.2. The standard InChI is InChI=1S/C7H10N2O3S/c8-3-6-13(11,12)9-4-1-7(10)2-5-9/h1-2,4-6H2. The summed E-state index contributed by atoms with van der Waals surface area (Å²) in [6.45, 7) is 0.450. The summed E-state index contributed by atoms with van der Waals surface area (Å²) < 4.78 is 23.8. The first-order valence-electron chi connectivity index (χ1n) is 3.93. The highest BCUT2D eigenvalue weighted by Gasteiger charge is 2.26. The van der Waals surface area contributed by atoms with Crippen molar-refractivity contribution in [2.45, 2.75) is 12.8 Å². The number of sulfonamides is 1. The third-order valence-corrected chi connectivity index (χ3v) is 3.57. The van der Waals surface area contributed by atoms with Crippen LogP contribution in [0.5, 0.6) is 0 Å². The Morgan fingerprint density at radius 2 is 1.92 bits per heavy atom. The van der Waals surface area contributed by atoms with Crippen LogP contribution in [0.15, 0.2) is 0 Å². The van der Waals surface area contributed by atoms with Gasteiger partial charge in [-0.1, -0.05) is 0 Å². The number of carbonyl (C=O) groups excluding carboxylic acids is 1. The molecule has 0 aliphatic carbocycles. The lowest BCUT2D eigenvalue weighted by Crippen LogP contribution is -2.39. The molecule has 0 aromatic carbocycles. The Hall–Kier alpha value is -0.930. The van der Waals surface area contributed by atoms with Gasteiger partial charge in [-0.15, -0.1) is 0 Å². The summed E-state index contributed by atoms with van der Waals surface area (Å²) in [7, 11) is -3.44. The molecule has 0 atom stereocenters. The molecule has 5 nitrogen and oxygen atoms in total. The number of piperidine rings is 1. The number of hydrogen-bond acceptors (Lipinski definition) is 4. The third-order valence-electron chi connectivity index (χ3n) is 1.92. The number of Topliss-reactive ketones (excluding diaryl/α,β-unsaturated/α-hetero) is 1. The molecule has 13 heavy (non-hydrogen) atoms. The van der Waals surface area contributed by atoms with Gasteiger partial charge in [0.25, 0.3) is 0 Å². The van der Waals surface area contributed by atoms with Crippen LogP contribution in [0.3, 0.4) is 0 Å². The fourth-order valence-corrected chi connectivity index (χ4v) is 2.27. The number of nitrogens with zero attached hydrogens (tertiary/aromatic N) is 2. The van der Waals surface area contributed by atoms with Crippen molar-refractivity contribution in [2.24, 2.45) is 0 Å². The largest absolute Gasteiger partial charge is 0.300 e. The van der Waals surface area contributed by atoms with Crippen LogP contribution in [-0.2, 0) is 14.8 Å². The molecule has 1 saturated heterocycles. The van der Waals surface area contributed by atoms with Crippen LogP contribution in [0.1, 0.15) is 12.8 Å². The van der Waals surface area contributed by atoms with Crippen LogP contribution in [-0.4, -0.2) is 37.3 Å². The maximum absolute atomic E-state index is 11.3. The van der Waals surface area contributed by atoms with E-state index < -0.39 is 15.8 Å². The second-order valence-corrected chi connectivity index (χ2v) is 4.82. The van der Waals surface area contributed by atoms with Crippen molar-refractivity contribution in [1.29, 1.82) is 5.26 Å².